The highest BCUT2D eigenvalue weighted by Gasteiger charge is 2.03. The van der Waals surface area contributed by atoms with Gasteiger partial charge in [-0.25, -0.2) is 4.79 Å². The van der Waals surface area contributed by atoms with E-state index in [1.165, 1.54) is 6.08 Å². The molecule has 0 bridgehead atoms. The normalized spacial score (nSPS) is 11.3. The monoisotopic (exact) mass is 268 g/mol. The summed E-state index contributed by atoms with van der Waals surface area (Å²) in [6.45, 7) is 1.93. The van der Waals surface area contributed by atoms with E-state index in [4.69, 9.17) is 5.11 Å². The van der Waals surface area contributed by atoms with Crippen molar-refractivity contribution in [3.63, 3.8) is 0 Å². The van der Waals surface area contributed by atoms with Crippen molar-refractivity contribution < 1.29 is 15.0 Å². The number of aromatic hydroxyl groups is 1. The molecule has 102 valence electrons. The van der Waals surface area contributed by atoms with Crippen molar-refractivity contribution in [3.05, 3.63) is 60.2 Å². The molecule has 2 aromatic rings. The Morgan fingerprint density at radius 1 is 1.00 bits per heavy atom. The summed E-state index contributed by atoms with van der Waals surface area (Å²) in [5.41, 5.74) is 3.75. The van der Waals surface area contributed by atoms with Crippen LogP contribution in [0.25, 0.3) is 16.7 Å². The highest BCUT2D eigenvalue weighted by Crippen LogP contribution is 2.25. The van der Waals surface area contributed by atoms with E-state index in [9.17, 15) is 9.90 Å². The van der Waals surface area contributed by atoms with Gasteiger partial charge in [-0.05, 0) is 40.8 Å². The molecule has 0 aliphatic rings. The van der Waals surface area contributed by atoms with Crippen molar-refractivity contribution in [2.24, 2.45) is 0 Å². The highest BCUT2D eigenvalue weighted by atomic mass is 16.4. The minimum atomic E-state index is -0.926. The third-order valence-corrected chi connectivity index (χ3v) is 3.13. The Morgan fingerprint density at radius 2 is 1.50 bits per heavy atom. The number of carboxylic acid groups (broad SMARTS) is 1. The molecule has 0 heterocycles. The first-order valence-corrected chi connectivity index (χ1v) is 6.43. The first-order chi connectivity index (χ1) is 9.60. The fourth-order valence-electron chi connectivity index (χ4n) is 2.07. The van der Waals surface area contributed by atoms with Crippen molar-refractivity contribution >= 4 is 11.5 Å². The number of carbonyl (C=O) groups is 1. The number of rotatable bonds is 4. The minimum absolute atomic E-state index is 0.239. The topological polar surface area (TPSA) is 57.5 Å². The smallest absolute Gasteiger partial charge is 0.328 e. The van der Waals surface area contributed by atoms with Crippen LogP contribution in [0.1, 0.15) is 18.9 Å². The van der Waals surface area contributed by atoms with Gasteiger partial charge in [-0.2, -0.15) is 0 Å². The summed E-state index contributed by atoms with van der Waals surface area (Å²) < 4.78 is 0. The van der Waals surface area contributed by atoms with Gasteiger partial charge in [0, 0.05) is 6.08 Å². The van der Waals surface area contributed by atoms with Crippen LogP contribution >= 0.6 is 0 Å². The van der Waals surface area contributed by atoms with Gasteiger partial charge in [-0.1, -0.05) is 43.3 Å². The maximum Gasteiger partial charge on any atom is 0.328 e. The lowest BCUT2D eigenvalue weighted by atomic mass is 9.99. The van der Waals surface area contributed by atoms with Crippen molar-refractivity contribution in [3.8, 4) is 16.9 Å². The zero-order chi connectivity index (χ0) is 14.5. The first kappa shape index (κ1) is 13.9. The van der Waals surface area contributed by atoms with Gasteiger partial charge in [0.1, 0.15) is 5.75 Å². The highest BCUT2D eigenvalue weighted by molar-refractivity contribution is 5.90. The van der Waals surface area contributed by atoms with Gasteiger partial charge in [-0.15, -0.1) is 0 Å². The second-order valence-corrected chi connectivity index (χ2v) is 4.49. The second-order valence-electron chi connectivity index (χ2n) is 4.49. The van der Waals surface area contributed by atoms with Crippen molar-refractivity contribution in [2.75, 3.05) is 0 Å². The number of aliphatic carboxylic acids is 1. The minimum Gasteiger partial charge on any atom is -0.508 e. The summed E-state index contributed by atoms with van der Waals surface area (Å²) in [5.74, 6) is -0.688. The van der Waals surface area contributed by atoms with Crippen LogP contribution in [0.4, 0.5) is 0 Å². The van der Waals surface area contributed by atoms with Gasteiger partial charge in [0.2, 0.25) is 0 Å². The average molecular weight is 268 g/mol. The van der Waals surface area contributed by atoms with Crippen LogP contribution in [0.15, 0.2) is 54.6 Å². The van der Waals surface area contributed by atoms with Crippen LogP contribution in [0.5, 0.6) is 5.75 Å². The Morgan fingerprint density at radius 3 is 1.95 bits per heavy atom. The molecule has 0 aliphatic carbocycles. The summed E-state index contributed by atoms with van der Waals surface area (Å²) in [5, 5.41) is 18.1. The number of carboxylic acids is 1. The SMILES string of the molecule is CC/C(=C\C(=O)O)c1ccc(-c2ccc(O)cc2)cc1. The number of phenolic OH excluding ortho intramolecular Hbond substituents is 1. The van der Waals surface area contributed by atoms with E-state index in [2.05, 4.69) is 0 Å². The zero-order valence-corrected chi connectivity index (χ0v) is 11.2. The second kappa shape index (κ2) is 6.06. The molecule has 0 fully saturated rings. The average Bonchev–Trinajstić information content (AvgIpc) is 2.46. The maximum atomic E-state index is 10.8. The molecule has 2 N–H and O–H groups in total. The summed E-state index contributed by atoms with van der Waals surface area (Å²) in [6.07, 6.45) is 1.92. The van der Waals surface area contributed by atoms with Gasteiger partial charge in [0.05, 0.1) is 0 Å². The fourth-order valence-corrected chi connectivity index (χ4v) is 2.07. The van der Waals surface area contributed by atoms with Crippen molar-refractivity contribution in [2.45, 2.75) is 13.3 Å². The summed E-state index contributed by atoms with van der Waals surface area (Å²) >= 11 is 0. The van der Waals surface area contributed by atoms with Gasteiger partial charge in [0.25, 0.3) is 0 Å². The molecular formula is C17H16O3. The lowest BCUT2D eigenvalue weighted by Crippen LogP contribution is -1.92. The molecule has 0 saturated carbocycles. The number of benzene rings is 2. The van der Waals surface area contributed by atoms with E-state index in [1.54, 1.807) is 12.1 Å². The number of hydrogen-bond acceptors (Lipinski definition) is 2. The third kappa shape index (κ3) is 3.26. The Balaban J connectivity index is 2.30. The summed E-state index contributed by atoms with van der Waals surface area (Å²) in [4.78, 5) is 10.8. The molecule has 3 nitrogen and oxygen atoms in total. The number of allylic oxidation sites excluding steroid dienone is 1. The Kier molecular flexibility index (Phi) is 4.20. The van der Waals surface area contributed by atoms with E-state index >= 15 is 0 Å². The molecule has 0 spiro atoms. The Labute approximate surface area is 117 Å². The van der Waals surface area contributed by atoms with Crippen LogP contribution in [-0.4, -0.2) is 16.2 Å². The molecule has 0 aromatic heterocycles. The molecule has 0 atom stereocenters. The molecule has 3 heteroatoms. The zero-order valence-electron chi connectivity index (χ0n) is 11.2. The van der Waals surface area contributed by atoms with Crippen LogP contribution in [-0.2, 0) is 4.79 Å². The number of hydrogen-bond donors (Lipinski definition) is 2. The molecule has 0 amide bonds. The molecule has 0 radical (unpaired) electrons. The van der Waals surface area contributed by atoms with Crippen molar-refractivity contribution in [1.29, 1.82) is 0 Å². The van der Waals surface area contributed by atoms with Gasteiger partial charge < -0.3 is 10.2 Å². The van der Waals surface area contributed by atoms with Crippen LogP contribution in [0.2, 0.25) is 0 Å². The van der Waals surface area contributed by atoms with Gasteiger partial charge in [-0.3, -0.25) is 0 Å². The predicted octanol–water partition coefficient (Wildman–Crippen LogP) is 3.94. The van der Waals surface area contributed by atoms with E-state index in [0.29, 0.717) is 6.42 Å². The quantitative estimate of drug-likeness (QED) is 0.826. The van der Waals surface area contributed by atoms with Crippen LogP contribution in [0, 0.1) is 0 Å². The Hall–Kier alpha value is -2.55. The van der Waals surface area contributed by atoms with Crippen molar-refractivity contribution in [1.82, 2.24) is 0 Å². The van der Waals surface area contributed by atoms with E-state index in [-0.39, 0.29) is 5.75 Å². The lowest BCUT2D eigenvalue weighted by molar-refractivity contribution is -0.131. The molecule has 2 rings (SSSR count). The predicted molar refractivity (Wildman–Crippen MR) is 79.4 cm³/mol. The molecule has 0 aliphatic heterocycles. The first-order valence-electron chi connectivity index (χ1n) is 6.43. The van der Waals surface area contributed by atoms with Crippen LogP contribution in [0.3, 0.4) is 0 Å². The molecular weight excluding hydrogens is 252 g/mol. The molecule has 0 saturated heterocycles. The third-order valence-electron chi connectivity index (χ3n) is 3.13. The standard InChI is InChI=1S/C17H16O3/c1-2-12(11-17(19)20)13-3-5-14(6-4-13)15-7-9-16(18)10-8-15/h3-11,18H,2H2,1H3,(H,19,20)/b12-11+. The Bertz CT molecular complexity index is 622. The summed E-state index contributed by atoms with van der Waals surface area (Å²) in [6, 6.07) is 14.7. The van der Waals surface area contributed by atoms with Gasteiger partial charge >= 0.3 is 5.97 Å². The maximum absolute atomic E-state index is 10.8. The largest absolute Gasteiger partial charge is 0.508 e. The number of phenols is 1. The fraction of sp³-hybridized carbons (Fsp3) is 0.118. The van der Waals surface area contributed by atoms with Gasteiger partial charge in [0.15, 0.2) is 0 Å². The molecule has 2 aromatic carbocycles. The van der Waals surface area contributed by atoms with E-state index in [0.717, 1.165) is 22.3 Å². The van der Waals surface area contributed by atoms with Crippen LogP contribution < -0.4 is 0 Å². The van der Waals surface area contributed by atoms with E-state index < -0.39 is 5.97 Å². The molecule has 0 unspecified atom stereocenters. The van der Waals surface area contributed by atoms with E-state index in [1.807, 2.05) is 43.3 Å². The lowest BCUT2D eigenvalue weighted by Gasteiger charge is -2.06. The summed E-state index contributed by atoms with van der Waals surface area (Å²) in [7, 11) is 0. The molecule has 20 heavy (non-hydrogen) atoms.